The quantitative estimate of drug-likeness (QED) is 0.248. The fraction of sp³-hybridized carbons (Fsp3) is 0.344. The molecule has 10 heteroatoms. The van der Waals surface area contributed by atoms with Crippen LogP contribution in [0.5, 0.6) is 5.75 Å². The van der Waals surface area contributed by atoms with E-state index in [1.165, 1.54) is 0 Å². The number of carbonyl (C=O) groups excluding carboxylic acids is 2. The third kappa shape index (κ3) is 7.53. The Morgan fingerprint density at radius 1 is 1.02 bits per heavy atom. The van der Waals surface area contributed by atoms with Crippen molar-refractivity contribution >= 4 is 35.4 Å². The van der Waals surface area contributed by atoms with Gasteiger partial charge in [0.25, 0.3) is 0 Å². The van der Waals surface area contributed by atoms with E-state index < -0.39 is 18.2 Å². The molecule has 1 aliphatic rings. The van der Waals surface area contributed by atoms with Gasteiger partial charge in [0.2, 0.25) is 0 Å². The number of hydrogen-bond acceptors (Lipinski definition) is 6. The number of ether oxygens (including phenoxy) is 3. The molecule has 222 valence electrons. The molecule has 2 N–H and O–H groups in total. The highest BCUT2D eigenvalue weighted by Gasteiger charge is 2.34. The minimum atomic E-state index is -0.998. The Kier molecular flexibility index (Phi) is 10.3. The highest BCUT2D eigenvalue weighted by molar-refractivity contribution is 6.31. The van der Waals surface area contributed by atoms with Gasteiger partial charge in [0, 0.05) is 23.7 Å². The maximum Gasteiger partial charge on any atom is 0.414 e. The molecule has 0 unspecified atom stereocenters. The molecule has 0 spiro atoms. The fourth-order valence-electron chi connectivity index (χ4n) is 4.92. The number of benzene rings is 3. The fourth-order valence-corrected chi connectivity index (χ4v) is 5.09. The van der Waals surface area contributed by atoms with E-state index >= 15 is 0 Å². The van der Waals surface area contributed by atoms with Crippen molar-refractivity contribution in [1.29, 1.82) is 0 Å². The van der Waals surface area contributed by atoms with Gasteiger partial charge in [-0.05, 0) is 65.3 Å². The summed E-state index contributed by atoms with van der Waals surface area (Å²) in [5.41, 5.74) is 5.37. The molecule has 0 bridgehead atoms. The smallest absolute Gasteiger partial charge is 0.414 e. The molecule has 1 heterocycles. The maximum absolute atomic E-state index is 13.2. The number of amides is 2. The van der Waals surface area contributed by atoms with Gasteiger partial charge in [0.1, 0.15) is 25.6 Å². The number of carboxylic acids is 1. The molecular formula is C32H35ClN2O7. The lowest BCUT2D eigenvalue weighted by molar-refractivity contribution is -0.136. The first kappa shape index (κ1) is 30.7. The van der Waals surface area contributed by atoms with E-state index in [4.69, 9.17) is 30.9 Å². The first-order valence-electron chi connectivity index (χ1n) is 13.8. The number of anilines is 1. The Labute approximate surface area is 250 Å². The van der Waals surface area contributed by atoms with Crippen LogP contribution in [0.3, 0.4) is 0 Å². The van der Waals surface area contributed by atoms with Gasteiger partial charge in [-0.25, -0.2) is 9.59 Å². The van der Waals surface area contributed by atoms with Crippen LogP contribution in [0, 0.1) is 12.8 Å². The summed E-state index contributed by atoms with van der Waals surface area (Å²) in [6.07, 6.45) is -1.29. The summed E-state index contributed by atoms with van der Waals surface area (Å²) in [5, 5.41) is 11.8. The van der Waals surface area contributed by atoms with Crippen molar-refractivity contribution in [2.75, 3.05) is 31.2 Å². The number of halogens is 1. The van der Waals surface area contributed by atoms with Crippen LogP contribution in [-0.4, -0.2) is 49.6 Å². The van der Waals surface area contributed by atoms with Crippen molar-refractivity contribution in [3.63, 3.8) is 0 Å². The number of hydrogen-bond donors (Lipinski definition) is 2. The summed E-state index contributed by atoms with van der Waals surface area (Å²) in [6, 6.07) is 19.0. The van der Waals surface area contributed by atoms with Crippen molar-refractivity contribution in [3.8, 4) is 16.9 Å². The topological polar surface area (TPSA) is 114 Å². The molecule has 42 heavy (non-hydrogen) atoms. The molecule has 0 fully saturated rings. The third-order valence-electron chi connectivity index (χ3n) is 7.37. The Morgan fingerprint density at radius 2 is 1.79 bits per heavy atom. The zero-order valence-corrected chi connectivity index (χ0v) is 24.6. The monoisotopic (exact) mass is 594 g/mol. The van der Waals surface area contributed by atoms with Crippen LogP contribution < -0.4 is 15.0 Å². The lowest BCUT2D eigenvalue weighted by Crippen LogP contribution is -2.41. The van der Waals surface area contributed by atoms with Gasteiger partial charge < -0.3 is 24.6 Å². The number of aliphatic carboxylic acids is 1. The van der Waals surface area contributed by atoms with E-state index in [0.717, 1.165) is 33.5 Å². The van der Waals surface area contributed by atoms with Gasteiger partial charge >= 0.3 is 18.2 Å². The Hall–Kier alpha value is -4.24. The second-order valence-corrected chi connectivity index (χ2v) is 10.7. The second-order valence-electron chi connectivity index (χ2n) is 10.3. The van der Waals surface area contributed by atoms with E-state index in [0.29, 0.717) is 17.3 Å². The number of rotatable bonds is 10. The summed E-state index contributed by atoms with van der Waals surface area (Å²) in [4.78, 5) is 37.5. The molecule has 0 aromatic heterocycles. The number of carbonyl (C=O) groups is 3. The van der Waals surface area contributed by atoms with Crippen LogP contribution in [0.25, 0.3) is 11.1 Å². The molecule has 4 rings (SSSR count). The summed E-state index contributed by atoms with van der Waals surface area (Å²) in [6.45, 7) is 6.98. The van der Waals surface area contributed by atoms with Crippen molar-refractivity contribution in [2.24, 2.45) is 5.92 Å². The molecule has 3 aromatic carbocycles. The molecule has 0 saturated heterocycles. The average Bonchev–Trinajstić information content (AvgIpc) is 2.97. The van der Waals surface area contributed by atoms with E-state index in [-0.39, 0.29) is 44.6 Å². The van der Waals surface area contributed by atoms with Gasteiger partial charge in [-0.2, -0.15) is 0 Å². The molecule has 3 aromatic rings. The number of nitrogens with one attached hydrogen (secondary N) is 1. The van der Waals surface area contributed by atoms with E-state index in [9.17, 15) is 14.4 Å². The van der Waals surface area contributed by atoms with E-state index in [2.05, 4.69) is 19.2 Å². The molecule has 0 radical (unpaired) electrons. The zero-order valence-electron chi connectivity index (χ0n) is 23.9. The van der Waals surface area contributed by atoms with Crippen LogP contribution in [0.15, 0.2) is 60.7 Å². The van der Waals surface area contributed by atoms with Gasteiger partial charge in [-0.3, -0.25) is 9.69 Å². The first-order chi connectivity index (χ1) is 20.2. The lowest BCUT2D eigenvalue weighted by Gasteiger charge is -2.38. The molecule has 0 saturated carbocycles. The minimum absolute atomic E-state index is 0.00599. The van der Waals surface area contributed by atoms with Gasteiger partial charge in [0.05, 0.1) is 12.1 Å². The predicted octanol–water partition coefficient (Wildman–Crippen LogP) is 6.79. The van der Waals surface area contributed by atoms with Crippen LogP contribution in [0.1, 0.15) is 42.9 Å². The molecule has 2 amide bonds. The average molecular weight is 595 g/mol. The van der Waals surface area contributed by atoms with E-state index in [1.807, 2.05) is 61.5 Å². The van der Waals surface area contributed by atoms with Crippen LogP contribution in [0.2, 0.25) is 5.02 Å². The largest absolute Gasteiger partial charge is 0.490 e. The summed E-state index contributed by atoms with van der Waals surface area (Å²) < 4.78 is 16.6. The SMILES string of the molecule is Cc1c(Cl)cccc1OCCOC(=O)N1C[C@H](C)[C@H](C)c2c(-c3cccc(COC(=O)NCCC(=O)O)c3)cccc21. The van der Waals surface area contributed by atoms with Crippen LogP contribution in [0.4, 0.5) is 15.3 Å². The maximum atomic E-state index is 13.2. The number of carboxylic acid groups (broad SMARTS) is 1. The normalized spacial score (nSPS) is 15.9. The number of alkyl carbamates (subject to hydrolysis) is 1. The van der Waals surface area contributed by atoms with Gasteiger partial charge in [-0.1, -0.05) is 61.8 Å². The van der Waals surface area contributed by atoms with Crippen molar-refractivity contribution < 1.29 is 33.7 Å². The van der Waals surface area contributed by atoms with Crippen molar-refractivity contribution in [3.05, 3.63) is 82.4 Å². The molecular weight excluding hydrogens is 560 g/mol. The molecule has 0 aliphatic carbocycles. The van der Waals surface area contributed by atoms with Crippen molar-refractivity contribution in [2.45, 2.75) is 39.7 Å². The van der Waals surface area contributed by atoms with Crippen LogP contribution in [-0.2, 0) is 20.9 Å². The molecule has 2 atom stereocenters. The number of fused-ring (bicyclic) bond motifs is 1. The van der Waals surface area contributed by atoms with Crippen LogP contribution >= 0.6 is 11.6 Å². The Balaban J connectivity index is 1.45. The Bertz CT molecular complexity index is 1440. The lowest BCUT2D eigenvalue weighted by atomic mass is 9.79. The standard InChI is InChI=1S/C32H35ClN2O7/c1-20-18-35(32(39)41-16-15-40-28-12-6-10-26(33)22(28)3)27-11-5-9-25(30(27)21(20)2)24-8-4-7-23(17-24)19-42-31(38)34-14-13-29(36)37/h4-12,17,20-21H,13-16,18-19H2,1-3H3,(H,34,38)(H,36,37)/t20-,21-/m0/s1. The van der Waals surface area contributed by atoms with E-state index in [1.54, 1.807) is 11.0 Å². The first-order valence-corrected chi connectivity index (χ1v) is 14.2. The molecule has 1 aliphatic heterocycles. The predicted molar refractivity (Wildman–Crippen MR) is 160 cm³/mol. The highest BCUT2D eigenvalue weighted by Crippen LogP contribution is 2.44. The highest BCUT2D eigenvalue weighted by atomic mass is 35.5. The van der Waals surface area contributed by atoms with Gasteiger partial charge in [-0.15, -0.1) is 0 Å². The van der Waals surface area contributed by atoms with Crippen molar-refractivity contribution in [1.82, 2.24) is 5.32 Å². The Morgan fingerprint density at radius 3 is 2.57 bits per heavy atom. The summed E-state index contributed by atoms with van der Waals surface area (Å²) in [5.74, 6) is 0.00903. The second kappa shape index (κ2) is 14.1. The third-order valence-corrected chi connectivity index (χ3v) is 7.78. The minimum Gasteiger partial charge on any atom is -0.490 e. The summed E-state index contributed by atoms with van der Waals surface area (Å²) >= 11 is 6.16. The zero-order chi connectivity index (χ0) is 30.2. The summed E-state index contributed by atoms with van der Waals surface area (Å²) in [7, 11) is 0. The molecule has 9 nitrogen and oxygen atoms in total. The van der Waals surface area contributed by atoms with Gasteiger partial charge in [0.15, 0.2) is 0 Å². The number of nitrogens with zero attached hydrogens (tertiary/aromatic N) is 1.